The second-order valence-corrected chi connectivity index (χ2v) is 7.02. The zero-order valence-electron chi connectivity index (χ0n) is 14.1. The second kappa shape index (κ2) is 6.36. The summed E-state index contributed by atoms with van der Waals surface area (Å²) in [6.07, 6.45) is 3.63. The minimum atomic E-state index is -0.402. The number of H-pyrrole nitrogens is 1. The van der Waals surface area contributed by atoms with Gasteiger partial charge < -0.3 is 4.42 Å². The van der Waals surface area contributed by atoms with E-state index < -0.39 is 5.76 Å². The number of nitrogens with zero attached hydrogens (tertiary/aromatic N) is 5. The van der Waals surface area contributed by atoms with Crippen LogP contribution in [0.1, 0.15) is 11.3 Å². The van der Waals surface area contributed by atoms with Crippen LogP contribution in [0.2, 0.25) is 0 Å². The third kappa shape index (κ3) is 2.87. The van der Waals surface area contributed by atoms with Gasteiger partial charge in [0.1, 0.15) is 5.69 Å². The minimum Gasteiger partial charge on any atom is -0.408 e. The van der Waals surface area contributed by atoms with Gasteiger partial charge in [-0.15, -0.1) is 16.4 Å². The van der Waals surface area contributed by atoms with E-state index in [-0.39, 0.29) is 0 Å². The molecular weight excluding hydrogens is 364 g/mol. The van der Waals surface area contributed by atoms with Crippen molar-refractivity contribution < 1.29 is 4.42 Å². The summed E-state index contributed by atoms with van der Waals surface area (Å²) < 4.78 is 8.56. The van der Waals surface area contributed by atoms with Crippen molar-refractivity contribution in [1.29, 1.82) is 0 Å². The lowest BCUT2D eigenvalue weighted by Gasteiger charge is -2.01. The van der Waals surface area contributed by atoms with Crippen molar-refractivity contribution in [1.82, 2.24) is 29.8 Å². The van der Waals surface area contributed by atoms with Gasteiger partial charge in [0, 0.05) is 5.56 Å². The van der Waals surface area contributed by atoms with Crippen LogP contribution in [0.25, 0.3) is 21.7 Å². The number of rotatable bonds is 5. The van der Waals surface area contributed by atoms with Crippen molar-refractivity contribution >= 4 is 22.4 Å². The fraction of sp³-hybridized carbons (Fsp3) is 0.111. The number of fused-ring (bicyclic) bond motifs is 1. The van der Waals surface area contributed by atoms with Crippen LogP contribution in [0.5, 0.6) is 0 Å². The highest BCUT2D eigenvalue weighted by Crippen LogP contribution is 2.26. The predicted molar refractivity (Wildman–Crippen MR) is 101 cm³/mol. The zero-order chi connectivity index (χ0) is 18.2. The molecule has 0 bridgehead atoms. The van der Waals surface area contributed by atoms with Crippen molar-refractivity contribution in [3.63, 3.8) is 0 Å². The Hall–Kier alpha value is -3.46. The van der Waals surface area contributed by atoms with Gasteiger partial charge in [0.15, 0.2) is 5.58 Å². The van der Waals surface area contributed by atoms with E-state index >= 15 is 0 Å². The molecule has 27 heavy (non-hydrogen) atoms. The molecule has 0 aliphatic rings. The molecular formula is C18H14N6O2S. The smallest absolute Gasteiger partial charge is 0.408 e. The highest BCUT2D eigenvalue weighted by Gasteiger charge is 2.13. The molecule has 1 aromatic carbocycles. The number of hydrogen-bond donors (Lipinski definition) is 1. The van der Waals surface area contributed by atoms with Gasteiger partial charge in [-0.25, -0.2) is 9.48 Å². The normalized spacial score (nSPS) is 11.4. The zero-order valence-corrected chi connectivity index (χ0v) is 14.9. The standard InChI is InChI=1S/C18H14N6O2S/c25-18-24(14-4-1-2-5-15(14)26-18)11-13-10-23(22-20-13)9-12-8-19-21-17(12)16-6-3-7-27-16/h1-8,10H,9,11H2,(H,19,21). The molecule has 0 amide bonds. The van der Waals surface area contributed by atoms with Gasteiger partial charge in [-0.2, -0.15) is 5.10 Å². The third-order valence-corrected chi connectivity index (χ3v) is 5.19. The van der Waals surface area contributed by atoms with Crippen molar-refractivity contribution in [2.24, 2.45) is 0 Å². The summed E-state index contributed by atoms with van der Waals surface area (Å²) in [6, 6.07) is 11.4. The van der Waals surface area contributed by atoms with E-state index in [1.165, 1.54) is 0 Å². The second-order valence-electron chi connectivity index (χ2n) is 6.08. The van der Waals surface area contributed by atoms with Gasteiger partial charge in [-0.3, -0.25) is 9.67 Å². The summed E-state index contributed by atoms with van der Waals surface area (Å²) in [4.78, 5) is 13.2. The Labute approximate surface area is 156 Å². The first-order valence-electron chi connectivity index (χ1n) is 8.31. The van der Waals surface area contributed by atoms with Gasteiger partial charge in [0.2, 0.25) is 0 Å². The average molecular weight is 378 g/mol. The van der Waals surface area contributed by atoms with Gasteiger partial charge in [-0.05, 0) is 23.6 Å². The van der Waals surface area contributed by atoms with Crippen LogP contribution in [0, 0.1) is 0 Å². The minimum absolute atomic E-state index is 0.305. The maximum Gasteiger partial charge on any atom is 0.420 e. The third-order valence-electron chi connectivity index (χ3n) is 4.30. The molecule has 0 spiro atoms. The number of aromatic amines is 1. The largest absolute Gasteiger partial charge is 0.420 e. The number of oxazole rings is 1. The lowest BCUT2D eigenvalue weighted by molar-refractivity contribution is 0.516. The van der Waals surface area contributed by atoms with Crippen LogP contribution in [0.15, 0.2) is 63.4 Å². The summed E-state index contributed by atoms with van der Waals surface area (Å²) in [5.41, 5.74) is 4.00. The van der Waals surface area contributed by atoms with E-state index in [4.69, 9.17) is 4.42 Å². The van der Waals surface area contributed by atoms with Crippen LogP contribution in [-0.2, 0) is 13.1 Å². The van der Waals surface area contributed by atoms with Crippen molar-refractivity contribution in [3.8, 4) is 10.6 Å². The van der Waals surface area contributed by atoms with E-state index in [9.17, 15) is 4.79 Å². The van der Waals surface area contributed by atoms with Gasteiger partial charge in [-0.1, -0.05) is 23.4 Å². The summed E-state index contributed by atoms with van der Waals surface area (Å²) in [7, 11) is 0. The highest BCUT2D eigenvalue weighted by molar-refractivity contribution is 7.13. The number of benzene rings is 1. The number of aromatic nitrogens is 6. The molecule has 0 aliphatic carbocycles. The quantitative estimate of drug-likeness (QED) is 0.507. The molecule has 0 unspecified atom stereocenters. The summed E-state index contributed by atoms with van der Waals surface area (Å²) in [5, 5.41) is 17.6. The fourth-order valence-corrected chi connectivity index (χ4v) is 3.81. The molecule has 4 heterocycles. The molecule has 0 radical (unpaired) electrons. The molecule has 1 N–H and O–H groups in total. The molecule has 0 fully saturated rings. The summed E-state index contributed by atoms with van der Waals surface area (Å²) in [6.45, 7) is 0.844. The summed E-state index contributed by atoms with van der Waals surface area (Å²) in [5.74, 6) is -0.402. The lowest BCUT2D eigenvalue weighted by Crippen LogP contribution is -2.15. The number of thiophene rings is 1. The van der Waals surface area contributed by atoms with Crippen LogP contribution in [0.4, 0.5) is 0 Å². The molecule has 4 aromatic heterocycles. The molecule has 8 nitrogen and oxygen atoms in total. The number of para-hydroxylation sites is 2. The molecule has 9 heteroatoms. The Morgan fingerprint density at radius 3 is 2.96 bits per heavy atom. The van der Waals surface area contributed by atoms with Crippen LogP contribution < -0.4 is 5.76 Å². The Kier molecular flexibility index (Phi) is 3.72. The van der Waals surface area contributed by atoms with Crippen molar-refractivity contribution in [2.75, 3.05) is 0 Å². The number of nitrogens with one attached hydrogen (secondary N) is 1. The monoisotopic (exact) mass is 378 g/mol. The van der Waals surface area contributed by atoms with E-state index in [1.54, 1.807) is 32.8 Å². The van der Waals surface area contributed by atoms with Gasteiger partial charge in [0.25, 0.3) is 0 Å². The highest BCUT2D eigenvalue weighted by atomic mass is 32.1. The SMILES string of the molecule is O=c1oc2ccccc2n1Cc1cn(Cc2cn[nH]c2-c2cccs2)nn1. The fourth-order valence-electron chi connectivity index (χ4n) is 3.05. The lowest BCUT2D eigenvalue weighted by atomic mass is 10.2. The Morgan fingerprint density at radius 1 is 1.15 bits per heavy atom. The predicted octanol–water partition coefficient (Wildman–Crippen LogP) is 2.73. The van der Waals surface area contributed by atoms with E-state index in [0.717, 1.165) is 21.7 Å². The Balaban J connectivity index is 1.40. The van der Waals surface area contributed by atoms with E-state index in [1.807, 2.05) is 41.9 Å². The Morgan fingerprint density at radius 2 is 2.07 bits per heavy atom. The maximum atomic E-state index is 12.1. The van der Waals surface area contributed by atoms with Gasteiger partial charge in [0.05, 0.1) is 41.6 Å². The molecule has 0 aliphatic heterocycles. The van der Waals surface area contributed by atoms with Crippen molar-refractivity contribution in [3.05, 3.63) is 76.0 Å². The molecule has 0 saturated carbocycles. The Bertz CT molecular complexity index is 1260. The summed E-state index contributed by atoms with van der Waals surface area (Å²) >= 11 is 1.65. The molecule has 5 aromatic rings. The van der Waals surface area contributed by atoms with Crippen molar-refractivity contribution in [2.45, 2.75) is 13.1 Å². The molecule has 0 saturated heterocycles. The molecule has 0 atom stereocenters. The van der Waals surface area contributed by atoms with E-state index in [0.29, 0.717) is 24.4 Å². The topological polar surface area (TPSA) is 94.5 Å². The molecule has 5 rings (SSSR count). The first-order chi connectivity index (χ1) is 13.3. The van der Waals surface area contributed by atoms with Crippen LogP contribution in [0.3, 0.4) is 0 Å². The average Bonchev–Trinajstić information content (AvgIpc) is 3.45. The maximum absolute atomic E-state index is 12.1. The van der Waals surface area contributed by atoms with Crippen LogP contribution >= 0.6 is 11.3 Å². The number of hydrogen-bond acceptors (Lipinski definition) is 6. The van der Waals surface area contributed by atoms with Gasteiger partial charge >= 0.3 is 5.76 Å². The van der Waals surface area contributed by atoms with Crippen LogP contribution in [-0.4, -0.2) is 29.8 Å². The first-order valence-corrected chi connectivity index (χ1v) is 9.19. The first kappa shape index (κ1) is 15.8. The molecule has 134 valence electrons. The van der Waals surface area contributed by atoms with E-state index in [2.05, 4.69) is 20.5 Å².